The fraction of sp³-hybridized carbons (Fsp3) is 0.294. The Bertz CT molecular complexity index is 838. The standard InChI is InChI=1S/C17H19N3O4S/c21-17(19-22)16-5-3-11-25(23,24)20(16)12-13-6-8-14(9-7-13)15-4-1-2-10-18-15/h1-2,4,6-10,16,22H,3,5,11-12H2,(H,19,21)/t16-/m0/s1. The van der Waals surface area contributed by atoms with Gasteiger partial charge in [0.2, 0.25) is 10.0 Å². The zero-order valence-corrected chi connectivity index (χ0v) is 14.3. The number of carbonyl (C=O) groups is 1. The molecule has 1 atom stereocenters. The van der Waals surface area contributed by atoms with Crippen molar-refractivity contribution in [1.29, 1.82) is 0 Å². The van der Waals surface area contributed by atoms with E-state index in [4.69, 9.17) is 5.21 Å². The molecule has 1 amide bonds. The lowest BCUT2D eigenvalue weighted by molar-refractivity contribution is -0.133. The Kier molecular flexibility index (Phi) is 5.12. The molecule has 0 radical (unpaired) electrons. The number of carbonyl (C=O) groups excluding carboxylic acids is 1. The summed E-state index contributed by atoms with van der Waals surface area (Å²) in [7, 11) is -3.54. The molecule has 1 saturated heterocycles. The van der Waals surface area contributed by atoms with Crippen LogP contribution in [0.3, 0.4) is 0 Å². The van der Waals surface area contributed by atoms with Crippen LogP contribution in [-0.2, 0) is 21.4 Å². The molecule has 1 fully saturated rings. The van der Waals surface area contributed by atoms with E-state index in [1.807, 2.05) is 42.5 Å². The lowest BCUT2D eigenvalue weighted by atomic mass is 10.1. The van der Waals surface area contributed by atoms with Gasteiger partial charge in [-0.15, -0.1) is 0 Å². The summed E-state index contributed by atoms with van der Waals surface area (Å²) >= 11 is 0. The maximum absolute atomic E-state index is 12.4. The van der Waals surface area contributed by atoms with E-state index >= 15 is 0 Å². The van der Waals surface area contributed by atoms with Gasteiger partial charge in [0.05, 0.1) is 11.4 Å². The van der Waals surface area contributed by atoms with Crippen LogP contribution in [0.5, 0.6) is 0 Å². The molecule has 0 saturated carbocycles. The number of nitrogens with one attached hydrogen (secondary N) is 1. The fourth-order valence-corrected chi connectivity index (χ4v) is 4.65. The predicted molar refractivity (Wildman–Crippen MR) is 92.0 cm³/mol. The zero-order chi connectivity index (χ0) is 17.9. The van der Waals surface area contributed by atoms with Gasteiger partial charge in [-0.1, -0.05) is 30.3 Å². The first-order chi connectivity index (χ1) is 12.0. The number of amides is 1. The summed E-state index contributed by atoms with van der Waals surface area (Å²) in [6, 6.07) is 12.1. The van der Waals surface area contributed by atoms with Crippen molar-refractivity contribution < 1.29 is 18.4 Å². The van der Waals surface area contributed by atoms with Crippen molar-refractivity contribution >= 4 is 15.9 Å². The van der Waals surface area contributed by atoms with Gasteiger partial charge in [0.25, 0.3) is 5.91 Å². The van der Waals surface area contributed by atoms with E-state index in [0.29, 0.717) is 12.8 Å². The van der Waals surface area contributed by atoms with E-state index in [1.165, 1.54) is 0 Å². The number of benzene rings is 1. The van der Waals surface area contributed by atoms with Crippen LogP contribution in [0.15, 0.2) is 48.7 Å². The summed E-state index contributed by atoms with van der Waals surface area (Å²) in [5, 5.41) is 8.88. The number of pyridine rings is 1. The van der Waals surface area contributed by atoms with Crippen molar-refractivity contribution in [2.24, 2.45) is 0 Å². The van der Waals surface area contributed by atoms with Crippen molar-refractivity contribution in [1.82, 2.24) is 14.8 Å². The molecule has 0 unspecified atom stereocenters. The Balaban J connectivity index is 1.83. The smallest absolute Gasteiger partial charge is 0.261 e. The molecular formula is C17H19N3O4S. The maximum Gasteiger partial charge on any atom is 0.261 e. The average molecular weight is 361 g/mol. The summed E-state index contributed by atoms with van der Waals surface area (Å²) in [5.74, 6) is -0.692. The molecule has 132 valence electrons. The topological polar surface area (TPSA) is 99.6 Å². The molecule has 3 rings (SSSR count). The van der Waals surface area contributed by atoms with Crippen LogP contribution in [0.2, 0.25) is 0 Å². The number of hydrogen-bond donors (Lipinski definition) is 2. The van der Waals surface area contributed by atoms with Gasteiger partial charge in [-0.05, 0) is 30.5 Å². The van der Waals surface area contributed by atoms with E-state index in [9.17, 15) is 13.2 Å². The van der Waals surface area contributed by atoms with E-state index < -0.39 is 22.0 Å². The van der Waals surface area contributed by atoms with Crippen LogP contribution in [-0.4, -0.2) is 40.6 Å². The summed E-state index contributed by atoms with van der Waals surface area (Å²) in [6.07, 6.45) is 2.49. The Morgan fingerprint density at radius 1 is 1.24 bits per heavy atom. The Hall–Kier alpha value is -2.29. The highest BCUT2D eigenvalue weighted by molar-refractivity contribution is 7.89. The number of nitrogens with zero attached hydrogens (tertiary/aromatic N) is 2. The molecular weight excluding hydrogens is 342 g/mol. The minimum absolute atomic E-state index is 0.00816. The van der Waals surface area contributed by atoms with E-state index in [2.05, 4.69) is 4.98 Å². The van der Waals surface area contributed by atoms with Gasteiger partial charge in [0.15, 0.2) is 0 Å². The van der Waals surface area contributed by atoms with Gasteiger partial charge >= 0.3 is 0 Å². The molecule has 2 N–H and O–H groups in total. The first-order valence-corrected chi connectivity index (χ1v) is 9.56. The third-order valence-corrected chi connectivity index (χ3v) is 6.15. The van der Waals surface area contributed by atoms with Crippen LogP contribution in [0, 0.1) is 0 Å². The van der Waals surface area contributed by atoms with Gasteiger partial charge in [0.1, 0.15) is 6.04 Å². The van der Waals surface area contributed by atoms with Crippen molar-refractivity contribution in [3.8, 4) is 11.3 Å². The number of hydrogen-bond acceptors (Lipinski definition) is 5. The second kappa shape index (κ2) is 7.30. The lowest BCUT2D eigenvalue weighted by Crippen LogP contribution is -2.51. The zero-order valence-electron chi connectivity index (χ0n) is 13.5. The normalized spacial score (nSPS) is 20.1. The van der Waals surface area contributed by atoms with Crippen molar-refractivity contribution in [2.45, 2.75) is 25.4 Å². The SMILES string of the molecule is O=C(NO)[C@@H]1CCCS(=O)(=O)N1Cc1ccc(-c2ccccn2)cc1. The van der Waals surface area contributed by atoms with E-state index in [1.54, 1.807) is 11.7 Å². The molecule has 25 heavy (non-hydrogen) atoms. The number of aromatic nitrogens is 1. The molecule has 2 aromatic rings. The van der Waals surface area contributed by atoms with E-state index in [0.717, 1.165) is 21.1 Å². The quantitative estimate of drug-likeness (QED) is 0.636. The van der Waals surface area contributed by atoms with Crippen molar-refractivity contribution in [2.75, 3.05) is 5.75 Å². The Morgan fingerprint density at radius 2 is 2.00 bits per heavy atom. The molecule has 1 aliphatic rings. The third-order valence-electron chi connectivity index (χ3n) is 4.25. The molecule has 8 heteroatoms. The highest BCUT2D eigenvalue weighted by Gasteiger charge is 2.38. The number of hydroxylamine groups is 1. The first-order valence-electron chi connectivity index (χ1n) is 7.95. The summed E-state index contributed by atoms with van der Waals surface area (Å²) in [6.45, 7) is 0.0862. The molecule has 1 aromatic carbocycles. The predicted octanol–water partition coefficient (Wildman–Crippen LogP) is 1.55. The van der Waals surface area contributed by atoms with Gasteiger partial charge in [-0.2, -0.15) is 4.31 Å². The fourth-order valence-electron chi connectivity index (χ4n) is 2.95. The van der Waals surface area contributed by atoms with Crippen molar-refractivity contribution in [3.63, 3.8) is 0 Å². The third kappa shape index (κ3) is 3.87. The van der Waals surface area contributed by atoms with Crippen molar-refractivity contribution in [3.05, 3.63) is 54.2 Å². The molecule has 0 spiro atoms. The van der Waals surface area contributed by atoms with E-state index in [-0.39, 0.29) is 12.3 Å². The average Bonchev–Trinajstić information content (AvgIpc) is 2.64. The minimum atomic E-state index is -3.54. The molecule has 0 bridgehead atoms. The van der Waals surface area contributed by atoms with Crippen LogP contribution < -0.4 is 5.48 Å². The van der Waals surface area contributed by atoms with Gasteiger partial charge in [-0.3, -0.25) is 15.0 Å². The second-order valence-electron chi connectivity index (χ2n) is 5.91. The second-order valence-corrected chi connectivity index (χ2v) is 7.95. The monoisotopic (exact) mass is 361 g/mol. The number of rotatable bonds is 4. The van der Waals surface area contributed by atoms with Gasteiger partial charge in [0, 0.05) is 18.3 Å². The highest BCUT2D eigenvalue weighted by atomic mass is 32.2. The molecule has 2 heterocycles. The van der Waals surface area contributed by atoms with Crippen LogP contribution >= 0.6 is 0 Å². The van der Waals surface area contributed by atoms with Crippen LogP contribution in [0.1, 0.15) is 18.4 Å². The summed E-state index contributed by atoms with van der Waals surface area (Å²) in [4.78, 5) is 16.1. The van der Waals surface area contributed by atoms with Crippen LogP contribution in [0.4, 0.5) is 0 Å². The molecule has 1 aromatic heterocycles. The highest BCUT2D eigenvalue weighted by Crippen LogP contribution is 2.24. The first kappa shape index (κ1) is 17.5. The molecule has 7 nitrogen and oxygen atoms in total. The maximum atomic E-state index is 12.4. The molecule has 1 aliphatic heterocycles. The Labute approximate surface area is 146 Å². The Morgan fingerprint density at radius 3 is 2.64 bits per heavy atom. The minimum Gasteiger partial charge on any atom is -0.289 e. The summed E-state index contributed by atoms with van der Waals surface area (Å²) in [5.41, 5.74) is 4.09. The van der Waals surface area contributed by atoms with Gasteiger partial charge in [-0.25, -0.2) is 13.9 Å². The lowest BCUT2D eigenvalue weighted by Gasteiger charge is -2.33. The van der Waals surface area contributed by atoms with Crippen LogP contribution in [0.25, 0.3) is 11.3 Å². The number of sulfonamides is 1. The molecule has 0 aliphatic carbocycles. The largest absolute Gasteiger partial charge is 0.289 e. The van der Waals surface area contributed by atoms with Gasteiger partial charge < -0.3 is 0 Å². The summed E-state index contributed by atoms with van der Waals surface area (Å²) < 4.78 is 25.9.